The maximum atomic E-state index is 12.5. The SMILES string of the molecule is CCCCCC(=O)NC1(Br)CCc2ccccc2C1=O. The molecular weight excluding hydrogens is 318 g/mol. The van der Waals surface area contributed by atoms with Crippen LogP contribution in [0, 0.1) is 0 Å². The number of ketones is 1. The van der Waals surface area contributed by atoms with Crippen LogP contribution in [0.15, 0.2) is 24.3 Å². The van der Waals surface area contributed by atoms with Crippen molar-refractivity contribution >= 4 is 27.6 Å². The number of alkyl halides is 1. The van der Waals surface area contributed by atoms with Crippen LogP contribution in [0.5, 0.6) is 0 Å². The Kier molecular flexibility index (Phi) is 4.97. The van der Waals surface area contributed by atoms with Crippen molar-refractivity contribution in [3.8, 4) is 0 Å². The number of carbonyl (C=O) groups is 2. The normalized spacial score (nSPS) is 21.4. The van der Waals surface area contributed by atoms with Crippen LogP contribution in [0.4, 0.5) is 0 Å². The molecule has 1 aromatic rings. The summed E-state index contributed by atoms with van der Waals surface area (Å²) in [5.74, 6) is -0.0914. The number of rotatable bonds is 5. The second-order valence-corrected chi connectivity index (χ2v) is 6.65. The van der Waals surface area contributed by atoms with Gasteiger partial charge in [-0.2, -0.15) is 0 Å². The largest absolute Gasteiger partial charge is 0.334 e. The third-order valence-electron chi connectivity index (χ3n) is 3.71. The smallest absolute Gasteiger partial charge is 0.221 e. The van der Waals surface area contributed by atoms with Crippen molar-refractivity contribution in [2.45, 2.75) is 49.9 Å². The average Bonchev–Trinajstić information content (AvgIpc) is 2.44. The van der Waals surface area contributed by atoms with Gasteiger partial charge >= 0.3 is 0 Å². The first-order valence-electron chi connectivity index (χ1n) is 7.19. The quantitative estimate of drug-likeness (QED) is 0.507. The molecule has 1 aliphatic rings. The summed E-state index contributed by atoms with van der Waals surface area (Å²) in [6.07, 6.45) is 4.87. The van der Waals surface area contributed by atoms with E-state index in [9.17, 15) is 9.59 Å². The molecule has 1 atom stereocenters. The summed E-state index contributed by atoms with van der Waals surface area (Å²) in [6, 6.07) is 7.61. The summed E-state index contributed by atoms with van der Waals surface area (Å²) in [6.45, 7) is 2.10. The van der Waals surface area contributed by atoms with Crippen molar-refractivity contribution in [3.63, 3.8) is 0 Å². The molecule has 20 heavy (non-hydrogen) atoms. The minimum atomic E-state index is -0.926. The average molecular weight is 338 g/mol. The minimum Gasteiger partial charge on any atom is -0.334 e. The third-order valence-corrected chi connectivity index (χ3v) is 4.66. The Balaban J connectivity index is 2.05. The fourth-order valence-electron chi connectivity index (χ4n) is 2.53. The maximum absolute atomic E-state index is 12.5. The van der Waals surface area contributed by atoms with Gasteiger partial charge in [-0.3, -0.25) is 9.59 Å². The Morgan fingerprint density at radius 2 is 2.10 bits per heavy atom. The number of carbonyl (C=O) groups excluding carboxylic acids is 2. The minimum absolute atomic E-state index is 0.0387. The van der Waals surface area contributed by atoms with Crippen molar-refractivity contribution in [3.05, 3.63) is 35.4 Å². The number of unbranched alkanes of at least 4 members (excludes halogenated alkanes) is 2. The highest BCUT2D eigenvalue weighted by Crippen LogP contribution is 2.33. The highest BCUT2D eigenvalue weighted by Gasteiger charge is 2.41. The lowest BCUT2D eigenvalue weighted by Gasteiger charge is -2.32. The number of amides is 1. The zero-order valence-electron chi connectivity index (χ0n) is 11.7. The Labute approximate surface area is 128 Å². The summed E-state index contributed by atoms with van der Waals surface area (Å²) in [5.41, 5.74) is 1.78. The molecule has 2 rings (SSSR count). The standard InChI is InChI=1S/C16H20BrNO2/c1-2-3-4-9-14(19)18-16(17)11-10-12-7-5-6-8-13(12)15(16)20/h5-8H,2-4,9-11H2,1H3,(H,18,19). The van der Waals surface area contributed by atoms with Crippen molar-refractivity contribution < 1.29 is 9.59 Å². The van der Waals surface area contributed by atoms with Gasteiger partial charge in [-0.05, 0) is 24.8 Å². The van der Waals surface area contributed by atoms with Crippen LogP contribution in [-0.4, -0.2) is 16.1 Å². The van der Waals surface area contributed by atoms with E-state index in [4.69, 9.17) is 0 Å². The number of fused-ring (bicyclic) bond motifs is 1. The van der Waals surface area contributed by atoms with Gasteiger partial charge in [0.2, 0.25) is 5.91 Å². The number of benzene rings is 1. The molecule has 0 heterocycles. The van der Waals surface area contributed by atoms with Crippen molar-refractivity contribution in [2.75, 3.05) is 0 Å². The van der Waals surface area contributed by atoms with Gasteiger partial charge in [0.05, 0.1) is 0 Å². The summed E-state index contributed by atoms with van der Waals surface area (Å²) < 4.78 is -0.926. The summed E-state index contributed by atoms with van der Waals surface area (Å²) >= 11 is 3.46. The number of Topliss-reactive ketones (excluding diaryl/α,β-unsaturated/α-hetero) is 1. The van der Waals surface area contributed by atoms with Crippen LogP contribution in [0.3, 0.4) is 0 Å². The first-order valence-corrected chi connectivity index (χ1v) is 7.99. The van der Waals surface area contributed by atoms with Crippen LogP contribution in [0.25, 0.3) is 0 Å². The van der Waals surface area contributed by atoms with Crippen LogP contribution < -0.4 is 5.32 Å². The van der Waals surface area contributed by atoms with Gasteiger partial charge in [-0.1, -0.05) is 60.0 Å². The Morgan fingerprint density at radius 1 is 1.35 bits per heavy atom. The molecule has 3 nitrogen and oxygen atoms in total. The molecule has 1 aromatic carbocycles. The summed E-state index contributed by atoms with van der Waals surface area (Å²) in [5, 5.41) is 2.87. The molecule has 0 spiro atoms. The van der Waals surface area contributed by atoms with E-state index in [2.05, 4.69) is 28.2 Å². The fraction of sp³-hybridized carbons (Fsp3) is 0.500. The monoisotopic (exact) mass is 337 g/mol. The van der Waals surface area contributed by atoms with Gasteiger partial charge in [-0.15, -0.1) is 0 Å². The number of nitrogens with one attached hydrogen (secondary N) is 1. The molecule has 1 N–H and O–H groups in total. The van der Waals surface area contributed by atoms with E-state index in [-0.39, 0.29) is 11.7 Å². The van der Waals surface area contributed by atoms with Crippen molar-refractivity contribution in [1.29, 1.82) is 0 Å². The molecule has 108 valence electrons. The Bertz CT molecular complexity index is 515. The molecular formula is C16H20BrNO2. The molecule has 0 fully saturated rings. The van der Waals surface area contributed by atoms with Gasteiger partial charge in [0.25, 0.3) is 0 Å². The van der Waals surface area contributed by atoms with E-state index >= 15 is 0 Å². The first-order chi connectivity index (χ1) is 9.57. The highest BCUT2D eigenvalue weighted by molar-refractivity contribution is 9.10. The molecule has 0 bridgehead atoms. The fourth-order valence-corrected chi connectivity index (χ4v) is 3.16. The topological polar surface area (TPSA) is 46.2 Å². The van der Waals surface area contributed by atoms with E-state index in [1.165, 1.54) is 0 Å². The van der Waals surface area contributed by atoms with Crippen molar-refractivity contribution in [1.82, 2.24) is 5.32 Å². The van der Waals surface area contributed by atoms with Crippen LogP contribution in [0.1, 0.15) is 54.9 Å². The molecule has 0 radical (unpaired) electrons. The zero-order chi connectivity index (χ0) is 14.6. The predicted octanol–water partition coefficient (Wildman–Crippen LogP) is 3.60. The van der Waals surface area contributed by atoms with Crippen LogP contribution in [-0.2, 0) is 11.2 Å². The predicted molar refractivity (Wildman–Crippen MR) is 83.0 cm³/mol. The van der Waals surface area contributed by atoms with Gasteiger partial charge in [0.1, 0.15) is 0 Å². The number of hydrogen-bond acceptors (Lipinski definition) is 2. The Morgan fingerprint density at radius 3 is 2.85 bits per heavy atom. The molecule has 1 aliphatic carbocycles. The maximum Gasteiger partial charge on any atom is 0.221 e. The van der Waals surface area contributed by atoms with Crippen LogP contribution in [0.2, 0.25) is 0 Å². The zero-order valence-corrected chi connectivity index (χ0v) is 13.3. The van der Waals surface area contributed by atoms with Gasteiger partial charge in [0.15, 0.2) is 10.2 Å². The van der Waals surface area contributed by atoms with E-state index in [0.29, 0.717) is 18.4 Å². The van der Waals surface area contributed by atoms with Gasteiger partial charge < -0.3 is 5.32 Å². The van der Waals surface area contributed by atoms with E-state index in [1.54, 1.807) is 0 Å². The first kappa shape index (κ1) is 15.2. The number of aryl methyl sites for hydroxylation is 1. The van der Waals surface area contributed by atoms with E-state index in [1.807, 2.05) is 24.3 Å². The molecule has 0 saturated carbocycles. The van der Waals surface area contributed by atoms with E-state index < -0.39 is 4.45 Å². The third kappa shape index (κ3) is 3.29. The Hall–Kier alpha value is -1.16. The molecule has 0 aromatic heterocycles. The highest BCUT2D eigenvalue weighted by atomic mass is 79.9. The molecule has 0 aliphatic heterocycles. The summed E-state index contributed by atoms with van der Waals surface area (Å²) in [4.78, 5) is 24.5. The lowest BCUT2D eigenvalue weighted by molar-refractivity contribution is -0.122. The molecule has 0 saturated heterocycles. The van der Waals surface area contributed by atoms with E-state index in [0.717, 1.165) is 31.2 Å². The molecule has 1 amide bonds. The number of hydrogen-bond donors (Lipinski definition) is 1. The molecule has 1 unspecified atom stereocenters. The summed E-state index contributed by atoms with van der Waals surface area (Å²) in [7, 11) is 0. The van der Waals surface area contributed by atoms with Crippen molar-refractivity contribution in [2.24, 2.45) is 0 Å². The van der Waals surface area contributed by atoms with Gasteiger partial charge in [-0.25, -0.2) is 0 Å². The van der Waals surface area contributed by atoms with Gasteiger partial charge in [0, 0.05) is 12.0 Å². The second-order valence-electron chi connectivity index (χ2n) is 5.29. The second kappa shape index (κ2) is 6.53. The molecule has 4 heteroatoms. The van der Waals surface area contributed by atoms with Crippen LogP contribution >= 0.6 is 15.9 Å². The lowest BCUT2D eigenvalue weighted by atomic mass is 9.87. The number of halogens is 1. The lowest BCUT2D eigenvalue weighted by Crippen LogP contribution is -2.51.